The average molecular weight is 665 g/mol. The maximum atomic E-state index is 2.60. The lowest BCUT2D eigenvalue weighted by Crippen LogP contribution is -2.56. The molecule has 0 nitrogen and oxygen atoms in total. The fourth-order valence-corrected chi connectivity index (χ4v) is 25.8. The minimum atomic E-state index is -2.43. The number of hydrogen-bond donors (Lipinski definition) is 0. The Labute approximate surface area is 293 Å². The normalized spacial score (nSPS) is 18.6. The van der Waals surface area contributed by atoms with Gasteiger partial charge in [-0.05, 0) is 110 Å². The van der Waals surface area contributed by atoms with Gasteiger partial charge in [-0.15, -0.1) is 0 Å². The summed E-state index contributed by atoms with van der Waals surface area (Å²) in [5.74, 6) is 0. The Morgan fingerprint density at radius 2 is 1.06 bits per heavy atom. The van der Waals surface area contributed by atoms with E-state index in [9.17, 15) is 0 Å². The van der Waals surface area contributed by atoms with Crippen LogP contribution in [0.1, 0.15) is 112 Å². The molecule has 2 aliphatic heterocycles. The van der Waals surface area contributed by atoms with E-state index in [0.29, 0.717) is 22.2 Å². The number of hydrogen-bond acceptors (Lipinski definition) is 0. The minimum Gasteiger partial charge on any atom is -0.0770 e. The second kappa shape index (κ2) is 11.4. The summed E-state index contributed by atoms with van der Waals surface area (Å²) >= 11 is 0. The van der Waals surface area contributed by atoms with Crippen molar-refractivity contribution in [3.8, 4) is 11.1 Å². The van der Waals surface area contributed by atoms with Crippen molar-refractivity contribution in [1.29, 1.82) is 0 Å². The molecule has 0 unspecified atom stereocenters. The second-order valence-corrected chi connectivity index (χ2v) is 27.2. The maximum absolute atomic E-state index is 2.60. The average Bonchev–Trinajstić information content (AvgIpc) is 3.64. The smallest absolute Gasteiger partial charge is 0.0770 e. The topological polar surface area (TPSA) is 0 Å². The zero-order valence-electron chi connectivity index (χ0n) is 31.6. The molecule has 0 saturated heterocycles. The molecule has 3 aliphatic rings. The van der Waals surface area contributed by atoms with Crippen molar-refractivity contribution < 1.29 is 0 Å². The van der Waals surface area contributed by atoms with Gasteiger partial charge in [0.25, 0.3) is 0 Å². The van der Waals surface area contributed by atoms with Gasteiger partial charge in [0.1, 0.15) is 16.1 Å². The van der Waals surface area contributed by atoms with Crippen LogP contribution in [0, 0.1) is 0 Å². The summed E-state index contributed by atoms with van der Waals surface area (Å²) in [6.07, 6.45) is 3.67. The summed E-state index contributed by atoms with van der Waals surface area (Å²) in [4.78, 5) is 0. The molecule has 0 fully saturated rings. The van der Waals surface area contributed by atoms with Gasteiger partial charge in [-0.1, -0.05) is 168 Å². The molecule has 1 aliphatic carbocycles. The predicted octanol–water partition coefficient (Wildman–Crippen LogP) is 13.2. The van der Waals surface area contributed by atoms with Crippen LogP contribution in [0.25, 0.3) is 38.2 Å². The highest BCUT2D eigenvalue weighted by Crippen LogP contribution is 2.70. The second-order valence-electron chi connectivity index (χ2n) is 17.1. The quantitative estimate of drug-likeness (QED) is 0.180. The molecule has 0 spiro atoms. The van der Waals surface area contributed by atoms with Gasteiger partial charge in [-0.25, -0.2) is 0 Å². The van der Waals surface area contributed by atoms with Gasteiger partial charge in [0, 0.05) is 0 Å². The zero-order valence-corrected chi connectivity index (χ0v) is 33.6. The summed E-state index contributed by atoms with van der Waals surface area (Å²) in [6, 6.07) is 30.4. The molecule has 0 amide bonds. The Morgan fingerprint density at radius 1 is 0.562 bits per heavy atom. The fraction of sp³-hybridized carbons (Fsp3) is 0.391. The molecule has 4 aromatic carbocycles. The highest BCUT2D eigenvalue weighted by molar-refractivity contribution is 7.17. The van der Waals surface area contributed by atoms with E-state index in [4.69, 9.17) is 0 Å². The van der Waals surface area contributed by atoms with Crippen LogP contribution in [0.2, 0.25) is 22.2 Å². The summed E-state index contributed by atoms with van der Waals surface area (Å²) in [7, 11) is -4.78. The van der Waals surface area contributed by atoms with Crippen molar-refractivity contribution >= 4 is 48.4 Å². The van der Waals surface area contributed by atoms with Crippen molar-refractivity contribution in [2.75, 3.05) is 0 Å². The molecule has 2 heteroatoms. The first-order valence-corrected chi connectivity index (χ1v) is 23.1. The van der Waals surface area contributed by atoms with Crippen molar-refractivity contribution in [3.63, 3.8) is 0 Å². The number of benzene rings is 4. The SMILES string of the molecule is CC/C=C1/C2=C(C3=C(c4c(c(C(C)(C)C)c(-c5ccccc5)c5ccccc45)[Si]3(C(C)C)C(C)C)[Si]2(C(C)C)C(C)C)c2ccccc21. The van der Waals surface area contributed by atoms with Crippen molar-refractivity contribution in [3.05, 3.63) is 118 Å². The Bertz CT molecular complexity index is 2020. The molecule has 0 aromatic heterocycles. The summed E-state index contributed by atoms with van der Waals surface area (Å²) < 4.78 is 0. The Hall–Kier alpha value is -3.21. The first-order valence-electron chi connectivity index (χ1n) is 18.7. The molecule has 0 N–H and O–H groups in total. The lowest BCUT2D eigenvalue weighted by Gasteiger charge is -2.44. The van der Waals surface area contributed by atoms with Gasteiger partial charge in [-0.2, -0.15) is 0 Å². The maximum Gasteiger partial charge on any atom is 0.125 e. The molecule has 0 saturated carbocycles. The molecular weight excluding hydrogens is 609 g/mol. The Morgan fingerprint density at radius 3 is 1.58 bits per heavy atom. The first kappa shape index (κ1) is 33.3. The van der Waals surface area contributed by atoms with E-state index in [2.05, 4.69) is 168 Å². The fourth-order valence-electron chi connectivity index (χ4n) is 11.2. The van der Waals surface area contributed by atoms with Crippen LogP contribution in [0.4, 0.5) is 0 Å². The number of allylic oxidation sites excluding steroid dienone is 5. The molecule has 0 bridgehead atoms. The van der Waals surface area contributed by atoms with Gasteiger partial charge in [0.15, 0.2) is 0 Å². The summed E-state index contributed by atoms with van der Waals surface area (Å²) in [5.41, 5.74) is 14.6. The van der Waals surface area contributed by atoms with Gasteiger partial charge < -0.3 is 0 Å². The largest absolute Gasteiger partial charge is 0.125 e. The van der Waals surface area contributed by atoms with E-state index in [1.165, 1.54) is 33.0 Å². The zero-order chi connectivity index (χ0) is 34.5. The third-order valence-corrected chi connectivity index (χ3v) is 25.4. The molecule has 0 atom stereocenters. The van der Waals surface area contributed by atoms with Crippen LogP contribution in [0.5, 0.6) is 0 Å². The first-order chi connectivity index (χ1) is 22.8. The summed E-state index contributed by atoms with van der Waals surface area (Å²) in [6.45, 7) is 30.6. The van der Waals surface area contributed by atoms with E-state index in [0.717, 1.165) is 6.42 Å². The predicted molar refractivity (Wildman–Crippen MR) is 218 cm³/mol. The van der Waals surface area contributed by atoms with E-state index in [-0.39, 0.29) is 5.41 Å². The highest BCUT2D eigenvalue weighted by atomic mass is 28.3. The molecule has 48 heavy (non-hydrogen) atoms. The highest BCUT2D eigenvalue weighted by Gasteiger charge is 2.66. The summed E-state index contributed by atoms with van der Waals surface area (Å²) in [5, 5.41) is 10.2. The van der Waals surface area contributed by atoms with Crippen LogP contribution >= 0.6 is 0 Å². The molecule has 4 aromatic rings. The van der Waals surface area contributed by atoms with E-state index < -0.39 is 16.1 Å². The molecule has 2 heterocycles. The van der Waals surface area contributed by atoms with Crippen LogP contribution < -0.4 is 5.19 Å². The van der Waals surface area contributed by atoms with Crippen LogP contribution in [0.15, 0.2) is 95.3 Å². The van der Waals surface area contributed by atoms with Gasteiger partial charge in [0.05, 0.1) is 0 Å². The number of fused-ring (bicyclic) bond motifs is 7. The molecular formula is C46H56Si2. The molecule has 7 rings (SSSR count). The number of rotatable bonds is 6. The van der Waals surface area contributed by atoms with E-state index >= 15 is 0 Å². The van der Waals surface area contributed by atoms with Crippen LogP contribution in [-0.2, 0) is 5.41 Å². The van der Waals surface area contributed by atoms with Crippen molar-refractivity contribution in [1.82, 2.24) is 0 Å². The molecule has 248 valence electrons. The van der Waals surface area contributed by atoms with Gasteiger partial charge in [0.2, 0.25) is 0 Å². The van der Waals surface area contributed by atoms with Crippen LogP contribution in [0.3, 0.4) is 0 Å². The van der Waals surface area contributed by atoms with Crippen molar-refractivity contribution in [2.24, 2.45) is 0 Å². The van der Waals surface area contributed by atoms with Gasteiger partial charge >= 0.3 is 0 Å². The third kappa shape index (κ3) is 4.05. The lowest BCUT2D eigenvalue weighted by atomic mass is 9.78. The third-order valence-electron chi connectivity index (χ3n) is 12.5. The Kier molecular flexibility index (Phi) is 7.92. The minimum absolute atomic E-state index is 0.0287. The van der Waals surface area contributed by atoms with Crippen LogP contribution in [-0.4, -0.2) is 16.1 Å². The lowest BCUT2D eigenvalue weighted by molar-refractivity contribution is 0.595. The standard InChI is InChI=1S/C46H56Si2/c1-13-21-37-33-24-17-18-25-34(33)39-42(37)47(28(2)3,29(4)5)45-40-36-27-20-19-26-35(36)38(32-22-15-14-16-23-32)41(46(10,11)12)43(40)48(30(6)7,31(8)9)44(39)45/h14-31H,13H2,1-12H3/b37-21+. The van der Waals surface area contributed by atoms with E-state index in [1.807, 2.05) is 10.4 Å². The van der Waals surface area contributed by atoms with Crippen molar-refractivity contribution in [2.45, 2.75) is 117 Å². The molecule has 0 radical (unpaired) electrons. The Balaban J connectivity index is 1.81. The van der Waals surface area contributed by atoms with Gasteiger partial charge in [-0.3, -0.25) is 0 Å². The van der Waals surface area contributed by atoms with E-state index in [1.54, 1.807) is 32.7 Å². The monoisotopic (exact) mass is 664 g/mol.